The third-order valence-corrected chi connectivity index (χ3v) is 2.32. The van der Waals surface area contributed by atoms with Crippen molar-refractivity contribution in [1.29, 1.82) is 0 Å². The fourth-order valence-corrected chi connectivity index (χ4v) is 1.42. The van der Waals surface area contributed by atoms with Gasteiger partial charge in [-0.2, -0.15) is 0 Å². The lowest BCUT2D eigenvalue weighted by Crippen LogP contribution is -2.47. The van der Waals surface area contributed by atoms with Crippen molar-refractivity contribution in [2.24, 2.45) is 0 Å². The Morgan fingerprint density at radius 3 is 2.58 bits per heavy atom. The molecule has 0 spiro atoms. The largest absolute Gasteiger partial charge is 0.393 e. The minimum absolute atomic E-state index is 0.00745. The molecule has 1 rings (SSSR count). The Morgan fingerprint density at radius 2 is 2.33 bits per heavy atom. The van der Waals surface area contributed by atoms with Gasteiger partial charge in [0.05, 0.1) is 19.3 Å². The van der Waals surface area contributed by atoms with Gasteiger partial charge in [0.1, 0.15) is 19.6 Å². The molecule has 1 fully saturated rings. The van der Waals surface area contributed by atoms with Gasteiger partial charge in [0.15, 0.2) is 0 Å². The van der Waals surface area contributed by atoms with Crippen molar-refractivity contribution in [3.8, 4) is 0 Å². The Kier molecular flexibility index (Phi) is 2.78. The van der Waals surface area contributed by atoms with Crippen molar-refractivity contribution < 1.29 is 20.1 Å². The van der Waals surface area contributed by atoms with E-state index in [1.54, 1.807) is 0 Å². The fraction of sp³-hybridized carbons (Fsp3) is 1.00. The summed E-state index contributed by atoms with van der Waals surface area (Å²) >= 11 is 0. The SMILES string of the molecule is B[C@H](C)C1OC[C@@](O)(CO)C1O. The first-order valence-corrected chi connectivity index (χ1v) is 4.14. The van der Waals surface area contributed by atoms with E-state index in [2.05, 4.69) is 0 Å². The lowest BCUT2D eigenvalue weighted by atomic mass is 9.80. The molecule has 0 saturated carbocycles. The van der Waals surface area contributed by atoms with Crippen molar-refractivity contribution in [2.75, 3.05) is 13.2 Å². The van der Waals surface area contributed by atoms with Crippen LogP contribution in [0.15, 0.2) is 0 Å². The fourth-order valence-electron chi connectivity index (χ4n) is 1.42. The molecule has 1 saturated heterocycles. The van der Waals surface area contributed by atoms with E-state index in [-0.39, 0.29) is 18.5 Å². The summed E-state index contributed by atoms with van der Waals surface area (Å²) in [5.41, 5.74) is -1.46. The molecule has 4 nitrogen and oxygen atoms in total. The highest BCUT2D eigenvalue weighted by Crippen LogP contribution is 2.29. The number of hydrogen-bond acceptors (Lipinski definition) is 4. The maximum Gasteiger partial charge on any atom is 0.139 e. The zero-order valence-electron chi connectivity index (χ0n) is 7.40. The Bertz CT molecular complexity index is 163. The van der Waals surface area contributed by atoms with Gasteiger partial charge in [-0.15, -0.1) is 0 Å². The molecule has 70 valence electrons. The zero-order chi connectivity index (χ0) is 9.35. The highest BCUT2D eigenvalue weighted by molar-refractivity contribution is 6.11. The first-order valence-electron chi connectivity index (χ1n) is 4.14. The molecule has 1 heterocycles. The van der Waals surface area contributed by atoms with Crippen molar-refractivity contribution >= 4 is 7.85 Å². The molecule has 0 aliphatic carbocycles. The van der Waals surface area contributed by atoms with Crippen molar-refractivity contribution in [2.45, 2.75) is 30.5 Å². The van der Waals surface area contributed by atoms with Gasteiger partial charge in [-0.05, 0) is 5.82 Å². The van der Waals surface area contributed by atoms with Crippen LogP contribution in [0.25, 0.3) is 0 Å². The second kappa shape index (κ2) is 3.34. The zero-order valence-corrected chi connectivity index (χ0v) is 7.40. The molecule has 1 aliphatic heterocycles. The molecule has 3 N–H and O–H groups in total. The third kappa shape index (κ3) is 1.50. The maximum absolute atomic E-state index is 9.56. The van der Waals surface area contributed by atoms with Crippen LogP contribution >= 0.6 is 0 Å². The standard InChI is InChI=1S/C7H15BO4/c1-4(8)5-6(10)7(11,2-9)3-12-5/h4-6,9-11H,2-3,8H2,1H3/t4-,5?,6?,7+/m1/s1. The number of aliphatic hydroxyl groups is 3. The van der Waals surface area contributed by atoms with Gasteiger partial charge in [0.2, 0.25) is 0 Å². The second-order valence-electron chi connectivity index (χ2n) is 3.73. The minimum atomic E-state index is -1.46. The summed E-state index contributed by atoms with van der Waals surface area (Å²) in [5, 5.41) is 27.9. The normalized spacial score (nSPS) is 44.7. The molecule has 0 aromatic rings. The molecular formula is C7H15BO4. The van der Waals surface area contributed by atoms with Gasteiger partial charge >= 0.3 is 0 Å². The first-order chi connectivity index (χ1) is 5.51. The van der Waals surface area contributed by atoms with E-state index in [4.69, 9.17) is 9.84 Å². The van der Waals surface area contributed by atoms with E-state index in [1.165, 1.54) is 0 Å². The lowest BCUT2D eigenvalue weighted by molar-refractivity contribution is -0.0815. The molecular weight excluding hydrogens is 159 g/mol. The maximum atomic E-state index is 9.56. The predicted octanol–water partition coefficient (Wildman–Crippen LogP) is -2.09. The average Bonchev–Trinajstić information content (AvgIpc) is 2.30. The molecule has 0 aromatic carbocycles. The van der Waals surface area contributed by atoms with Gasteiger partial charge in [-0.25, -0.2) is 0 Å². The van der Waals surface area contributed by atoms with Crippen molar-refractivity contribution in [3.05, 3.63) is 0 Å². The lowest BCUT2D eigenvalue weighted by Gasteiger charge is -2.25. The second-order valence-corrected chi connectivity index (χ2v) is 3.73. The summed E-state index contributed by atoms with van der Waals surface area (Å²) in [6.07, 6.45) is -1.36. The summed E-state index contributed by atoms with van der Waals surface area (Å²) in [7, 11) is 1.90. The summed E-state index contributed by atoms with van der Waals surface area (Å²) in [6, 6.07) is 0. The van der Waals surface area contributed by atoms with E-state index in [1.807, 2.05) is 14.8 Å². The molecule has 12 heavy (non-hydrogen) atoms. The Hall–Kier alpha value is -0.0951. The quantitative estimate of drug-likeness (QED) is 0.420. The number of ether oxygens (including phenoxy) is 1. The van der Waals surface area contributed by atoms with Gasteiger partial charge in [0, 0.05) is 0 Å². The minimum Gasteiger partial charge on any atom is -0.393 e. The molecule has 0 bridgehead atoms. The Morgan fingerprint density at radius 1 is 1.75 bits per heavy atom. The Balaban J connectivity index is 2.66. The van der Waals surface area contributed by atoms with Crippen LogP contribution in [0, 0.1) is 0 Å². The summed E-state index contributed by atoms with van der Waals surface area (Å²) in [5.74, 6) is 0.139. The number of aliphatic hydroxyl groups excluding tert-OH is 2. The van der Waals surface area contributed by atoms with E-state index < -0.39 is 18.3 Å². The molecule has 1 aliphatic rings. The smallest absolute Gasteiger partial charge is 0.139 e. The third-order valence-electron chi connectivity index (χ3n) is 2.32. The highest BCUT2D eigenvalue weighted by Gasteiger charge is 2.48. The van der Waals surface area contributed by atoms with Crippen LogP contribution in [0.2, 0.25) is 5.82 Å². The van der Waals surface area contributed by atoms with Crippen LogP contribution in [-0.2, 0) is 4.74 Å². The van der Waals surface area contributed by atoms with E-state index in [0.717, 1.165) is 0 Å². The van der Waals surface area contributed by atoms with Gasteiger partial charge in [-0.1, -0.05) is 6.92 Å². The molecule has 0 radical (unpaired) electrons. The molecule has 4 atom stereocenters. The molecule has 5 heteroatoms. The van der Waals surface area contributed by atoms with Crippen LogP contribution in [0.5, 0.6) is 0 Å². The van der Waals surface area contributed by atoms with Crippen molar-refractivity contribution in [3.63, 3.8) is 0 Å². The first kappa shape index (κ1) is 9.99. The highest BCUT2D eigenvalue weighted by atomic mass is 16.5. The van der Waals surface area contributed by atoms with Crippen LogP contribution in [0.1, 0.15) is 6.92 Å². The van der Waals surface area contributed by atoms with Crippen molar-refractivity contribution in [1.82, 2.24) is 0 Å². The van der Waals surface area contributed by atoms with E-state index in [9.17, 15) is 10.2 Å². The summed E-state index contributed by atoms with van der Waals surface area (Å²) in [4.78, 5) is 0. The number of rotatable bonds is 2. The number of hydrogen-bond donors (Lipinski definition) is 3. The van der Waals surface area contributed by atoms with Gasteiger partial charge in [0.25, 0.3) is 0 Å². The molecule has 0 aromatic heterocycles. The topological polar surface area (TPSA) is 69.9 Å². The van der Waals surface area contributed by atoms with Gasteiger partial charge in [-0.3, -0.25) is 0 Å². The van der Waals surface area contributed by atoms with Crippen LogP contribution in [0.4, 0.5) is 0 Å². The van der Waals surface area contributed by atoms with Crippen LogP contribution in [0.3, 0.4) is 0 Å². The van der Waals surface area contributed by atoms with E-state index in [0.29, 0.717) is 0 Å². The van der Waals surface area contributed by atoms with E-state index >= 15 is 0 Å². The van der Waals surface area contributed by atoms with Crippen LogP contribution in [-0.4, -0.2) is 54.2 Å². The summed E-state index contributed by atoms with van der Waals surface area (Å²) < 4.78 is 5.17. The van der Waals surface area contributed by atoms with Crippen LogP contribution < -0.4 is 0 Å². The summed E-state index contributed by atoms with van der Waals surface area (Å²) in [6.45, 7) is 1.45. The molecule has 0 amide bonds. The predicted molar refractivity (Wildman–Crippen MR) is 45.8 cm³/mol. The van der Waals surface area contributed by atoms with Gasteiger partial charge < -0.3 is 20.1 Å². The Labute approximate surface area is 72.6 Å². The average molecular weight is 174 g/mol. The monoisotopic (exact) mass is 174 g/mol. The molecule has 2 unspecified atom stereocenters.